The Labute approximate surface area is 131 Å². The van der Waals surface area contributed by atoms with Gasteiger partial charge < -0.3 is 5.11 Å². The van der Waals surface area contributed by atoms with Crippen molar-refractivity contribution in [1.82, 2.24) is 0 Å². The molecule has 0 fully saturated rings. The Bertz CT molecular complexity index is 280. The summed E-state index contributed by atoms with van der Waals surface area (Å²) in [6.45, 7) is 8.93. The second-order valence-corrected chi connectivity index (χ2v) is 6.18. The van der Waals surface area contributed by atoms with Crippen molar-refractivity contribution in [2.75, 3.05) is 12.5 Å². The number of unbranched alkanes of at least 4 members (excludes halogenated alkanes) is 1. The maximum absolute atomic E-state index is 8.92. The van der Waals surface area contributed by atoms with E-state index in [2.05, 4.69) is 27.7 Å². The molecule has 1 nitrogen and oxygen atoms in total. The standard InChI is InChI=1S/C9H12O.C7H16.C2H6S/c1-2-3-8-4-6-9(10)7-5-8;1-4-5-6-7(2)3;1-3-2/h4-7,10H,2-3H2,1H3;7H,4-6H2,1-3H3;1-2H3. The molecule has 0 aliphatic rings. The number of phenolic OH excluding ortho intramolecular Hbond substituents is 1. The smallest absolute Gasteiger partial charge is 0.115 e. The Morgan fingerprint density at radius 3 is 1.80 bits per heavy atom. The SMILES string of the molecule is CCCCC(C)C.CCCc1ccc(O)cc1.CSC. The molecule has 1 aromatic carbocycles. The van der Waals surface area contributed by atoms with Crippen molar-refractivity contribution in [3.05, 3.63) is 29.8 Å². The summed E-state index contributed by atoms with van der Waals surface area (Å²) in [6, 6.07) is 7.37. The average molecular weight is 299 g/mol. The normalized spacial score (nSPS) is 9.35. The van der Waals surface area contributed by atoms with Crippen LogP contribution >= 0.6 is 11.8 Å². The highest BCUT2D eigenvalue weighted by atomic mass is 32.2. The van der Waals surface area contributed by atoms with E-state index in [-0.39, 0.29) is 0 Å². The average Bonchev–Trinajstić information content (AvgIpc) is 2.41. The van der Waals surface area contributed by atoms with Gasteiger partial charge in [-0.3, -0.25) is 0 Å². The molecule has 0 heterocycles. The lowest BCUT2D eigenvalue weighted by atomic mass is 10.1. The van der Waals surface area contributed by atoms with Crippen molar-refractivity contribution < 1.29 is 5.11 Å². The van der Waals surface area contributed by atoms with Gasteiger partial charge in [-0.1, -0.05) is 65.5 Å². The van der Waals surface area contributed by atoms with Gasteiger partial charge in [0.15, 0.2) is 0 Å². The first kappa shape index (κ1) is 21.7. The molecule has 0 saturated heterocycles. The molecule has 0 spiro atoms. The third-order valence-electron chi connectivity index (χ3n) is 2.61. The summed E-state index contributed by atoms with van der Waals surface area (Å²) in [5.41, 5.74) is 1.29. The molecule has 1 rings (SSSR count). The summed E-state index contributed by atoms with van der Waals surface area (Å²) in [5, 5.41) is 8.92. The lowest BCUT2D eigenvalue weighted by Gasteiger charge is -1.98. The van der Waals surface area contributed by atoms with Crippen LogP contribution in [0.4, 0.5) is 0 Å². The van der Waals surface area contributed by atoms with E-state index >= 15 is 0 Å². The Morgan fingerprint density at radius 1 is 1.00 bits per heavy atom. The molecule has 0 aromatic heterocycles. The van der Waals surface area contributed by atoms with Gasteiger partial charge in [-0.2, -0.15) is 11.8 Å². The van der Waals surface area contributed by atoms with Gasteiger partial charge in [0.05, 0.1) is 0 Å². The van der Waals surface area contributed by atoms with Crippen LogP contribution in [0, 0.1) is 5.92 Å². The van der Waals surface area contributed by atoms with Crippen molar-refractivity contribution in [1.29, 1.82) is 0 Å². The molecule has 0 aliphatic carbocycles. The molecule has 1 N–H and O–H groups in total. The van der Waals surface area contributed by atoms with Crippen molar-refractivity contribution in [3.63, 3.8) is 0 Å². The molecule has 0 atom stereocenters. The Kier molecular flexibility index (Phi) is 17.8. The van der Waals surface area contributed by atoms with E-state index in [1.165, 1.54) is 24.8 Å². The molecule has 0 saturated carbocycles. The minimum absolute atomic E-state index is 0.347. The highest BCUT2D eigenvalue weighted by Crippen LogP contribution is 2.10. The number of thioether (sulfide) groups is 1. The highest BCUT2D eigenvalue weighted by molar-refractivity contribution is 7.97. The molecule has 118 valence electrons. The number of aromatic hydroxyl groups is 1. The molecule has 0 unspecified atom stereocenters. The second-order valence-electron chi connectivity index (χ2n) is 5.36. The molecule has 1 aromatic rings. The highest BCUT2D eigenvalue weighted by Gasteiger charge is 1.89. The summed E-state index contributed by atoms with van der Waals surface area (Å²) in [7, 11) is 0. The number of hydrogen-bond donors (Lipinski definition) is 1. The first-order valence-corrected chi connectivity index (χ1v) is 9.33. The number of hydrogen-bond acceptors (Lipinski definition) is 2. The van der Waals surface area contributed by atoms with Crippen LogP contribution in [-0.4, -0.2) is 17.6 Å². The zero-order chi connectivity index (χ0) is 15.8. The summed E-state index contributed by atoms with van der Waals surface area (Å²) in [6.07, 6.45) is 10.5. The van der Waals surface area contributed by atoms with Crippen molar-refractivity contribution in [2.24, 2.45) is 5.92 Å². The summed E-state index contributed by atoms with van der Waals surface area (Å²) in [4.78, 5) is 0. The summed E-state index contributed by atoms with van der Waals surface area (Å²) >= 11 is 1.75. The van der Waals surface area contributed by atoms with Crippen LogP contribution in [0.5, 0.6) is 5.75 Å². The molecule has 0 radical (unpaired) electrons. The van der Waals surface area contributed by atoms with Gasteiger partial charge in [-0.15, -0.1) is 0 Å². The third kappa shape index (κ3) is 17.4. The van der Waals surface area contributed by atoms with Crippen LogP contribution in [0.25, 0.3) is 0 Å². The first-order chi connectivity index (χ1) is 9.51. The summed E-state index contributed by atoms with van der Waals surface area (Å²) in [5.74, 6) is 1.25. The molecule has 20 heavy (non-hydrogen) atoms. The lowest BCUT2D eigenvalue weighted by molar-refractivity contribution is 0.475. The van der Waals surface area contributed by atoms with Crippen LogP contribution in [0.1, 0.15) is 58.9 Å². The molecular formula is C18H34OS. The Morgan fingerprint density at radius 2 is 1.50 bits per heavy atom. The molecule has 0 aliphatic heterocycles. The molecular weight excluding hydrogens is 264 g/mol. The zero-order valence-electron chi connectivity index (χ0n) is 14.3. The van der Waals surface area contributed by atoms with E-state index in [9.17, 15) is 0 Å². The van der Waals surface area contributed by atoms with Crippen molar-refractivity contribution in [3.8, 4) is 5.75 Å². The predicted molar refractivity (Wildman–Crippen MR) is 95.9 cm³/mol. The van der Waals surface area contributed by atoms with Crippen molar-refractivity contribution in [2.45, 2.75) is 59.8 Å². The minimum Gasteiger partial charge on any atom is -0.508 e. The monoisotopic (exact) mass is 298 g/mol. The summed E-state index contributed by atoms with van der Waals surface area (Å²) < 4.78 is 0. The fourth-order valence-electron chi connectivity index (χ4n) is 1.56. The van der Waals surface area contributed by atoms with Crippen LogP contribution in [-0.2, 0) is 6.42 Å². The van der Waals surface area contributed by atoms with Gasteiger partial charge in [0.25, 0.3) is 0 Å². The van der Waals surface area contributed by atoms with Gasteiger partial charge in [0.2, 0.25) is 0 Å². The van der Waals surface area contributed by atoms with Crippen LogP contribution in [0.2, 0.25) is 0 Å². The van der Waals surface area contributed by atoms with Crippen LogP contribution in [0.15, 0.2) is 24.3 Å². The number of phenols is 1. The van der Waals surface area contributed by atoms with E-state index in [4.69, 9.17) is 5.11 Å². The third-order valence-corrected chi connectivity index (χ3v) is 2.61. The first-order valence-electron chi connectivity index (χ1n) is 7.69. The largest absolute Gasteiger partial charge is 0.508 e. The van der Waals surface area contributed by atoms with E-state index in [0.29, 0.717) is 5.75 Å². The van der Waals surface area contributed by atoms with E-state index in [1.54, 1.807) is 23.9 Å². The van der Waals surface area contributed by atoms with Gasteiger partial charge in [-0.05, 0) is 42.5 Å². The number of benzene rings is 1. The van der Waals surface area contributed by atoms with E-state index < -0.39 is 0 Å². The van der Waals surface area contributed by atoms with Crippen LogP contribution in [0.3, 0.4) is 0 Å². The van der Waals surface area contributed by atoms with Crippen LogP contribution < -0.4 is 0 Å². The quantitative estimate of drug-likeness (QED) is 0.702. The van der Waals surface area contributed by atoms with Gasteiger partial charge in [-0.25, -0.2) is 0 Å². The van der Waals surface area contributed by atoms with E-state index in [0.717, 1.165) is 18.8 Å². The maximum Gasteiger partial charge on any atom is 0.115 e. The molecule has 2 heteroatoms. The van der Waals surface area contributed by atoms with Crippen molar-refractivity contribution >= 4 is 11.8 Å². The lowest BCUT2D eigenvalue weighted by Crippen LogP contribution is -1.83. The maximum atomic E-state index is 8.92. The Balaban J connectivity index is 0. The second kappa shape index (κ2) is 16.4. The number of aryl methyl sites for hydroxylation is 1. The van der Waals surface area contributed by atoms with Gasteiger partial charge in [0, 0.05) is 0 Å². The number of rotatable bonds is 5. The molecule has 0 amide bonds. The van der Waals surface area contributed by atoms with Gasteiger partial charge in [0.1, 0.15) is 5.75 Å². The van der Waals surface area contributed by atoms with E-state index in [1.807, 2.05) is 24.6 Å². The Hall–Kier alpha value is -0.630. The fourth-order valence-corrected chi connectivity index (χ4v) is 1.56. The fraction of sp³-hybridized carbons (Fsp3) is 0.667. The topological polar surface area (TPSA) is 20.2 Å². The molecule has 0 bridgehead atoms. The minimum atomic E-state index is 0.347. The van der Waals surface area contributed by atoms with Gasteiger partial charge >= 0.3 is 0 Å². The zero-order valence-corrected chi connectivity index (χ0v) is 15.1. The predicted octanol–water partition coefficient (Wildman–Crippen LogP) is 6.16.